The number of anilines is 1. The number of benzene rings is 2. The summed E-state index contributed by atoms with van der Waals surface area (Å²) < 4.78 is 13.8. The predicted molar refractivity (Wildman–Crippen MR) is 108 cm³/mol. The predicted octanol–water partition coefficient (Wildman–Crippen LogP) is 4.42. The lowest BCUT2D eigenvalue weighted by Crippen LogP contribution is -2.25. The maximum atomic E-state index is 13.8. The summed E-state index contributed by atoms with van der Waals surface area (Å²) >= 11 is 0. The molecule has 0 spiro atoms. The van der Waals surface area contributed by atoms with Crippen LogP contribution in [0.3, 0.4) is 0 Å². The van der Waals surface area contributed by atoms with Crippen LogP contribution in [0.5, 0.6) is 0 Å². The molecule has 0 saturated carbocycles. The van der Waals surface area contributed by atoms with E-state index in [9.17, 15) is 9.18 Å². The Labute approximate surface area is 164 Å². The van der Waals surface area contributed by atoms with E-state index >= 15 is 0 Å². The highest BCUT2D eigenvalue weighted by molar-refractivity contribution is 5.93. The van der Waals surface area contributed by atoms with Crippen LogP contribution in [0.4, 0.5) is 10.2 Å². The first-order valence-electron chi connectivity index (χ1n) is 9.29. The number of hydrogen-bond donors (Lipinski definition) is 2. The highest BCUT2D eigenvalue weighted by atomic mass is 19.1. The second kappa shape index (κ2) is 9.08. The first-order chi connectivity index (χ1) is 13.6. The highest BCUT2D eigenvalue weighted by Gasteiger charge is 2.14. The fourth-order valence-corrected chi connectivity index (χ4v) is 2.62. The van der Waals surface area contributed by atoms with Crippen LogP contribution in [0.15, 0.2) is 60.7 Å². The summed E-state index contributed by atoms with van der Waals surface area (Å²) in [5, 5.41) is 6.02. The quantitative estimate of drug-likeness (QED) is 0.639. The molecular weight excluding hydrogens is 355 g/mol. The first kappa shape index (κ1) is 19.5. The molecule has 0 bridgehead atoms. The number of nitrogens with zero attached hydrogens (tertiary/aromatic N) is 2. The molecule has 144 valence electrons. The Bertz CT molecular complexity index is 946. The first-order valence-corrected chi connectivity index (χ1v) is 9.29. The lowest BCUT2D eigenvalue weighted by Gasteiger charge is -2.14. The zero-order chi connectivity index (χ0) is 19.9. The topological polar surface area (TPSA) is 66.9 Å². The van der Waals surface area contributed by atoms with Gasteiger partial charge in [0.05, 0.1) is 0 Å². The monoisotopic (exact) mass is 378 g/mol. The molecule has 28 heavy (non-hydrogen) atoms. The van der Waals surface area contributed by atoms with Gasteiger partial charge in [0.15, 0.2) is 5.82 Å². The van der Waals surface area contributed by atoms with Crippen LogP contribution in [-0.4, -0.2) is 21.9 Å². The largest absolute Gasteiger partial charge is 0.367 e. The summed E-state index contributed by atoms with van der Waals surface area (Å²) in [5.41, 5.74) is 1.47. The molecule has 0 aliphatic carbocycles. The van der Waals surface area contributed by atoms with Crippen LogP contribution in [0.25, 0.3) is 11.4 Å². The molecule has 3 aromatic rings. The van der Waals surface area contributed by atoms with Gasteiger partial charge in [-0.25, -0.2) is 14.4 Å². The smallest absolute Gasteiger partial charge is 0.270 e. The van der Waals surface area contributed by atoms with Crippen molar-refractivity contribution in [2.75, 3.05) is 5.32 Å². The lowest BCUT2D eigenvalue weighted by molar-refractivity contribution is 0.0945. The van der Waals surface area contributed by atoms with Gasteiger partial charge in [-0.15, -0.1) is 0 Å². The minimum Gasteiger partial charge on any atom is -0.367 e. The molecule has 1 atom stereocenters. The molecule has 1 heterocycles. The maximum Gasteiger partial charge on any atom is 0.270 e. The minimum atomic E-state index is -0.380. The Hall–Kier alpha value is -3.28. The molecule has 0 aliphatic heterocycles. The Morgan fingerprint density at radius 3 is 2.50 bits per heavy atom. The molecule has 2 N–H and O–H groups in total. The van der Waals surface area contributed by atoms with Crippen molar-refractivity contribution >= 4 is 11.7 Å². The van der Waals surface area contributed by atoms with E-state index < -0.39 is 0 Å². The number of carbonyl (C=O) groups excluding carboxylic acids is 1. The molecule has 3 rings (SSSR count). The fraction of sp³-hybridized carbons (Fsp3) is 0.227. The van der Waals surface area contributed by atoms with E-state index in [1.54, 1.807) is 24.3 Å². The van der Waals surface area contributed by atoms with E-state index in [0.29, 0.717) is 17.2 Å². The molecule has 1 amide bonds. The standard InChI is InChI=1S/C22H23FN4O/c1-3-15(2)25-20-13-19(26-21(27-20)16-9-5-4-6-10-16)22(28)24-14-17-11-7-8-12-18(17)23/h4-13,15H,3,14H2,1-2H3,(H,24,28)(H,25,26,27). The van der Waals surface area contributed by atoms with E-state index in [0.717, 1.165) is 12.0 Å². The summed E-state index contributed by atoms with van der Waals surface area (Å²) in [4.78, 5) is 21.6. The molecule has 0 aliphatic rings. The summed E-state index contributed by atoms with van der Waals surface area (Å²) in [7, 11) is 0. The van der Waals surface area contributed by atoms with Gasteiger partial charge in [0.1, 0.15) is 17.3 Å². The van der Waals surface area contributed by atoms with Gasteiger partial charge in [0, 0.05) is 29.8 Å². The third kappa shape index (κ3) is 4.91. The van der Waals surface area contributed by atoms with Crippen molar-refractivity contribution < 1.29 is 9.18 Å². The summed E-state index contributed by atoms with van der Waals surface area (Å²) in [6.45, 7) is 4.20. The van der Waals surface area contributed by atoms with Crippen molar-refractivity contribution in [3.8, 4) is 11.4 Å². The molecule has 1 unspecified atom stereocenters. The SMILES string of the molecule is CCC(C)Nc1cc(C(=O)NCc2ccccc2F)nc(-c2ccccc2)n1. The van der Waals surface area contributed by atoms with E-state index in [-0.39, 0.29) is 30.0 Å². The third-order valence-electron chi connectivity index (χ3n) is 4.39. The van der Waals surface area contributed by atoms with Gasteiger partial charge in [-0.2, -0.15) is 0 Å². The number of amides is 1. The van der Waals surface area contributed by atoms with Gasteiger partial charge < -0.3 is 10.6 Å². The second-order valence-electron chi connectivity index (χ2n) is 6.56. The molecule has 0 fully saturated rings. The zero-order valence-corrected chi connectivity index (χ0v) is 15.9. The fourth-order valence-electron chi connectivity index (χ4n) is 2.62. The van der Waals surface area contributed by atoms with Crippen LogP contribution in [-0.2, 0) is 6.54 Å². The third-order valence-corrected chi connectivity index (χ3v) is 4.39. The van der Waals surface area contributed by atoms with Crippen LogP contribution < -0.4 is 10.6 Å². The van der Waals surface area contributed by atoms with Gasteiger partial charge in [0.2, 0.25) is 0 Å². The molecule has 0 radical (unpaired) electrons. The van der Waals surface area contributed by atoms with E-state index in [1.165, 1.54) is 6.07 Å². The Balaban J connectivity index is 1.86. The lowest BCUT2D eigenvalue weighted by atomic mass is 10.2. The van der Waals surface area contributed by atoms with Gasteiger partial charge in [-0.1, -0.05) is 55.5 Å². The van der Waals surface area contributed by atoms with Gasteiger partial charge in [-0.3, -0.25) is 4.79 Å². The Morgan fingerprint density at radius 2 is 1.79 bits per heavy atom. The summed E-state index contributed by atoms with van der Waals surface area (Å²) in [6.07, 6.45) is 0.916. The van der Waals surface area contributed by atoms with Crippen molar-refractivity contribution in [1.29, 1.82) is 0 Å². The number of hydrogen-bond acceptors (Lipinski definition) is 4. The Kier molecular flexibility index (Phi) is 6.32. The maximum absolute atomic E-state index is 13.8. The van der Waals surface area contributed by atoms with Crippen molar-refractivity contribution in [3.05, 3.63) is 77.7 Å². The number of carbonyl (C=O) groups is 1. The summed E-state index contributed by atoms with van der Waals surface area (Å²) in [5.74, 6) is 0.314. The molecule has 5 nitrogen and oxygen atoms in total. The molecule has 6 heteroatoms. The minimum absolute atomic E-state index is 0.0876. The summed E-state index contributed by atoms with van der Waals surface area (Å²) in [6, 6.07) is 17.7. The second-order valence-corrected chi connectivity index (χ2v) is 6.56. The molecule has 1 aromatic heterocycles. The number of aromatic nitrogens is 2. The van der Waals surface area contributed by atoms with Crippen molar-refractivity contribution in [2.45, 2.75) is 32.9 Å². The normalized spacial score (nSPS) is 11.7. The zero-order valence-electron chi connectivity index (χ0n) is 15.9. The number of nitrogens with one attached hydrogen (secondary N) is 2. The van der Waals surface area contributed by atoms with Crippen molar-refractivity contribution in [3.63, 3.8) is 0 Å². The van der Waals surface area contributed by atoms with E-state index in [1.807, 2.05) is 37.3 Å². The average Bonchev–Trinajstić information content (AvgIpc) is 2.73. The van der Waals surface area contributed by atoms with Crippen LogP contribution in [0.2, 0.25) is 0 Å². The van der Waals surface area contributed by atoms with Crippen LogP contribution in [0.1, 0.15) is 36.3 Å². The van der Waals surface area contributed by atoms with Crippen LogP contribution >= 0.6 is 0 Å². The van der Waals surface area contributed by atoms with Crippen LogP contribution in [0, 0.1) is 5.82 Å². The molecular formula is C22H23FN4O. The molecule has 0 saturated heterocycles. The highest BCUT2D eigenvalue weighted by Crippen LogP contribution is 2.19. The van der Waals surface area contributed by atoms with Gasteiger partial charge in [0.25, 0.3) is 5.91 Å². The number of rotatable bonds is 7. The van der Waals surface area contributed by atoms with Gasteiger partial charge >= 0.3 is 0 Å². The van der Waals surface area contributed by atoms with Crippen molar-refractivity contribution in [2.24, 2.45) is 0 Å². The Morgan fingerprint density at radius 1 is 1.07 bits per heavy atom. The van der Waals surface area contributed by atoms with Crippen molar-refractivity contribution in [1.82, 2.24) is 15.3 Å². The average molecular weight is 378 g/mol. The van der Waals surface area contributed by atoms with E-state index in [2.05, 4.69) is 27.5 Å². The van der Waals surface area contributed by atoms with Gasteiger partial charge in [-0.05, 0) is 19.4 Å². The van der Waals surface area contributed by atoms with E-state index in [4.69, 9.17) is 0 Å². The number of halogens is 1. The molecule has 2 aromatic carbocycles.